The Kier molecular flexibility index (Phi) is 5.14. The third kappa shape index (κ3) is 3.72. The van der Waals surface area contributed by atoms with Gasteiger partial charge in [-0.15, -0.1) is 0 Å². The highest BCUT2D eigenvalue weighted by atomic mass is 79.9. The summed E-state index contributed by atoms with van der Waals surface area (Å²) in [5.74, 6) is 0.248. The van der Waals surface area contributed by atoms with E-state index in [2.05, 4.69) is 42.4 Å². The zero-order valence-electron chi connectivity index (χ0n) is 12.6. The van der Waals surface area contributed by atoms with Crippen molar-refractivity contribution in [3.63, 3.8) is 0 Å². The molecule has 0 fully saturated rings. The van der Waals surface area contributed by atoms with E-state index in [4.69, 9.17) is 9.47 Å². The second kappa shape index (κ2) is 7.32. The van der Waals surface area contributed by atoms with Gasteiger partial charge in [0, 0.05) is 5.56 Å². The van der Waals surface area contributed by atoms with Gasteiger partial charge >= 0.3 is 0 Å². The molecule has 3 rings (SSSR count). The van der Waals surface area contributed by atoms with Crippen molar-refractivity contribution in [2.24, 2.45) is 5.10 Å². The number of amides is 1. The van der Waals surface area contributed by atoms with Crippen LogP contribution in [0.25, 0.3) is 0 Å². The number of nitrogens with one attached hydrogen (secondary N) is 1. The molecule has 0 saturated carbocycles. The summed E-state index contributed by atoms with van der Waals surface area (Å²) < 4.78 is 11.5. The summed E-state index contributed by atoms with van der Waals surface area (Å²) >= 11 is 6.22. The van der Waals surface area contributed by atoms with Crippen molar-refractivity contribution in [3.05, 3.63) is 44.8 Å². The van der Waals surface area contributed by atoms with Crippen LogP contribution >= 0.6 is 31.9 Å². The van der Waals surface area contributed by atoms with Crippen LogP contribution in [0.15, 0.2) is 44.4 Å². The Morgan fingerprint density at radius 3 is 2.72 bits per heavy atom. The number of para-hydroxylation sites is 2. The molecule has 0 unspecified atom stereocenters. The Morgan fingerprint density at radius 1 is 1.24 bits per heavy atom. The van der Waals surface area contributed by atoms with Gasteiger partial charge in [0.25, 0.3) is 5.91 Å². The van der Waals surface area contributed by atoms with Crippen LogP contribution in [-0.4, -0.2) is 35.0 Å². The SMILES string of the molecule is O=C(NN=Cc1cc(Br)c(O)c(Br)c1O)[C@@H]1COc2ccccc2O1. The molecule has 25 heavy (non-hydrogen) atoms. The van der Waals surface area contributed by atoms with Gasteiger partial charge in [-0.05, 0) is 50.1 Å². The molecule has 1 aliphatic heterocycles. The van der Waals surface area contributed by atoms with Crippen molar-refractivity contribution in [3.8, 4) is 23.0 Å². The van der Waals surface area contributed by atoms with Gasteiger partial charge < -0.3 is 19.7 Å². The zero-order valence-corrected chi connectivity index (χ0v) is 15.7. The van der Waals surface area contributed by atoms with Crippen LogP contribution < -0.4 is 14.9 Å². The fourth-order valence-corrected chi connectivity index (χ4v) is 3.25. The average Bonchev–Trinajstić information content (AvgIpc) is 2.63. The van der Waals surface area contributed by atoms with E-state index in [-0.39, 0.29) is 22.6 Å². The van der Waals surface area contributed by atoms with Crippen molar-refractivity contribution < 1.29 is 24.5 Å². The number of carbonyl (C=O) groups is 1. The van der Waals surface area contributed by atoms with Crippen molar-refractivity contribution in [2.45, 2.75) is 6.10 Å². The minimum absolute atomic E-state index is 0.0694. The third-order valence-corrected chi connectivity index (χ3v) is 4.73. The molecule has 2 aromatic carbocycles. The maximum Gasteiger partial charge on any atom is 0.284 e. The Hall–Kier alpha value is -2.26. The number of halogens is 2. The first-order chi connectivity index (χ1) is 12.0. The molecule has 7 nitrogen and oxygen atoms in total. The molecular formula is C16H12Br2N2O5. The molecule has 0 radical (unpaired) electrons. The lowest BCUT2D eigenvalue weighted by atomic mass is 10.2. The lowest BCUT2D eigenvalue weighted by Gasteiger charge is -2.24. The van der Waals surface area contributed by atoms with Crippen molar-refractivity contribution in [1.82, 2.24) is 5.43 Å². The molecule has 0 aromatic heterocycles. The summed E-state index contributed by atoms with van der Waals surface area (Å²) in [4.78, 5) is 12.1. The Bertz CT molecular complexity index is 857. The first-order valence-electron chi connectivity index (χ1n) is 7.08. The van der Waals surface area contributed by atoms with Gasteiger partial charge in [0.15, 0.2) is 11.5 Å². The quantitative estimate of drug-likeness (QED) is 0.472. The Morgan fingerprint density at radius 2 is 1.96 bits per heavy atom. The van der Waals surface area contributed by atoms with Crippen LogP contribution in [0.3, 0.4) is 0 Å². The number of hydrogen-bond acceptors (Lipinski definition) is 6. The summed E-state index contributed by atoms with van der Waals surface area (Å²) in [5.41, 5.74) is 2.63. The van der Waals surface area contributed by atoms with Crippen molar-refractivity contribution >= 4 is 44.0 Å². The molecular weight excluding hydrogens is 460 g/mol. The highest BCUT2D eigenvalue weighted by Gasteiger charge is 2.27. The van der Waals surface area contributed by atoms with E-state index in [1.807, 2.05) is 6.07 Å². The van der Waals surface area contributed by atoms with Crippen molar-refractivity contribution in [1.29, 1.82) is 0 Å². The molecule has 1 heterocycles. The van der Waals surface area contributed by atoms with Crippen LogP contribution in [0.1, 0.15) is 5.56 Å². The molecule has 9 heteroatoms. The van der Waals surface area contributed by atoms with E-state index >= 15 is 0 Å². The number of ether oxygens (including phenoxy) is 2. The fourth-order valence-electron chi connectivity index (χ4n) is 2.10. The molecule has 0 saturated heterocycles. The van der Waals surface area contributed by atoms with Crippen LogP contribution in [0, 0.1) is 0 Å². The summed E-state index contributed by atoms with van der Waals surface area (Å²) in [6.07, 6.45) is 0.416. The van der Waals surface area contributed by atoms with E-state index in [0.29, 0.717) is 21.5 Å². The third-order valence-electron chi connectivity index (χ3n) is 3.38. The first kappa shape index (κ1) is 17.6. The number of nitrogens with zero attached hydrogens (tertiary/aromatic N) is 1. The van der Waals surface area contributed by atoms with Gasteiger partial charge in [-0.25, -0.2) is 5.43 Å². The molecule has 0 bridgehead atoms. The molecule has 0 aliphatic carbocycles. The van der Waals surface area contributed by atoms with E-state index in [0.717, 1.165) is 0 Å². The van der Waals surface area contributed by atoms with Gasteiger partial charge in [0.05, 0.1) is 10.7 Å². The van der Waals surface area contributed by atoms with E-state index in [1.54, 1.807) is 18.2 Å². The number of benzene rings is 2. The number of phenols is 2. The number of fused-ring (bicyclic) bond motifs is 1. The maximum atomic E-state index is 12.1. The average molecular weight is 472 g/mol. The normalized spacial score (nSPS) is 16.0. The standard InChI is InChI=1S/C16H12Br2N2O5/c17-9-5-8(14(21)13(18)15(9)22)6-19-20-16(23)12-7-24-10-3-1-2-4-11(10)25-12/h1-6,12,21-22H,7H2,(H,20,23)/t12-/m0/s1. The largest absolute Gasteiger partial charge is 0.506 e. The van der Waals surface area contributed by atoms with Gasteiger partial charge in [-0.3, -0.25) is 4.79 Å². The number of hydrazone groups is 1. The highest BCUT2D eigenvalue weighted by molar-refractivity contribution is 9.11. The lowest BCUT2D eigenvalue weighted by molar-refractivity contribution is -0.130. The molecule has 1 amide bonds. The number of phenolic OH excluding ortho intramolecular Hbond substituents is 2. The van der Waals surface area contributed by atoms with Crippen molar-refractivity contribution in [2.75, 3.05) is 6.61 Å². The number of rotatable bonds is 3. The number of carbonyl (C=O) groups excluding carboxylic acids is 1. The Labute approximate surface area is 159 Å². The summed E-state index contributed by atoms with van der Waals surface area (Å²) in [6, 6.07) is 8.52. The number of hydrogen-bond donors (Lipinski definition) is 3. The Balaban J connectivity index is 1.66. The minimum Gasteiger partial charge on any atom is -0.506 e. The van der Waals surface area contributed by atoms with Gasteiger partial charge in [0.1, 0.15) is 22.6 Å². The van der Waals surface area contributed by atoms with Crippen LogP contribution in [0.5, 0.6) is 23.0 Å². The van der Waals surface area contributed by atoms with Gasteiger partial charge in [0.2, 0.25) is 6.10 Å². The second-order valence-corrected chi connectivity index (χ2v) is 6.70. The lowest BCUT2D eigenvalue weighted by Crippen LogP contribution is -2.42. The zero-order chi connectivity index (χ0) is 18.0. The predicted octanol–water partition coefficient (Wildman–Crippen LogP) is 2.91. The molecule has 3 N–H and O–H groups in total. The molecule has 1 atom stereocenters. The first-order valence-corrected chi connectivity index (χ1v) is 8.67. The van der Waals surface area contributed by atoms with Gasteiger partial charge in [-0.1, -0.05) is 12.1 Å². The monoisotopic (exact) mass is 470 g/mol. The summed E-state index contributed by atoms with van der Waals surface area (Å²) in [7, 11) is 0. The second-order valence-electron chi connectivity index (χ2n) is 5.06. The van der Waals surface area contributed by atoms with Crippen LogP contribution in [0.2, 0.25) is 0 Å². The van der Waals surface area contributed by atoms with E-state index in [9.17, 15) is 15.0 Å². The minimum atomic E-state index is -0.834. The van der Waals surface area contributed by atoms with Crippen LogP contribution in [0.4, 0.5) is 0 Å². The smallest absolute Gasteiger partial charge is 0.284 e. The molecule has 1 aliphatic rings. The van der Waals surface area contributed by atoms with Crippen LogP contribution in [-0.2, 0) is 4.79 Å². The molecule has 2 aromatic rings. The maximum absolute atomic E-state index is 12.1. The van der Waals surface area contributed by atoms with Gasteiger partial charge in [-0.2, -0.15) is 5.10 Å². The topological polar surface area (TPSA) is 100 Å². The van der Waals surface area contributed by atoms with E-state index in [1.165, 1.54) is 12.3 Å². The van der Waals surface area contributed by atoms with E-state index < -0.39 is 12.0 Å². The summed E-state index contributed by atoms with van der Waals surface area (Å²) in [5, 5.41) is 23.4. The molecule has 130 valence electrons. The highest BCUT2D eigenvalue weighted by Crippen LogP contribution is 2.40. The molecule has 0 spiro atoms. The fraction of sp³-hybridized carbons (Fsp3) is 0.125. The number of aromatic hydroxyl groups is 2. The summed E-state index contributed by atoms with van der Waals surface area (Å²) in [6.45, 7) is 0.0694. The predicted molar refractivity (Wildman–Crippen MR) is 97.3 cm³/mol.